The lowest BCUT2D eigenvalue weighted by atomic mass is 10.0. The average molecular weight is 750 g/mol. The molecule has 0 bridgehead atoms. The summed E-state index contributed by atoms with van der Waals surface area (Å²) >= 11 is 1.11. The maximum atomic E-state index is 13.1. The Hall–Kier alpha value is -5.19. The number of carbonyl (C=O) groups excluding carboxylic acids is 3. The highest BCUT2D eigenvalue weighted by molar-refractivity contribution is 8.18. The third-order valence-corrected chi connectivity index (χ3v) is 8.76. The second-order valence-electron chi connectivity index (χ2n) is 13.2. The summed E-state index contributed by atoms with van der Waals surface area (Å²) in [6.07, 6.45) is 4.39. The fraction of sp³-hybridized carbons (Fsp3) is 0.405. The summed E-state index contributed by atoms with van der Waals surface area (Å²) in [5.74, 6) is -2.61. The van der Waals surface area contributed by atoms with E-state index in [4.69, 9.17) is 19.9 Å². The van der Waals surface area contributed by atoms with Gasteiger partial charge in [-0.2, -0.15) is 0 Å². The van der Waals surface area contributed by atoms with E-state index in [9.17, 15) is 24.6 Å². The molecule has 1 aliphatic rings. The Morgan fingerprint density at radius 3 is 2.51 bits per heavy atom. The minimum absolute atomic E-state index is 0.0336. The zero-order valence-corrected chi connectivity index (χ0v) is 31.6. The third-order valence-electron chi connectivity index (χ3n) is 7.74. The van der Waals surface area contributed by atoms with Crippen LogP contribution in [0, 0.1) is 0 Å². The third kappa shape index (κ3) is 11.7. The number of aromatic nitrogens is 3. The minimum atomic E-state index is -1.18. The molecule has 0 spiro atoms. The molecule has 0 atom stereocenters. The van der Waals surface area contributed by atoms with E-state index in [1.54, 1.807) is 62.0 Å². The number of thioether (sulfide) groups is 1. The van der Waals surface area contributed by atoms with Crippen molar-refractivity contribution < 1.29 is 38.8 Å². The lowest BCUT2D eigenvalue weighted by Gasteiger charge is -2.32. The number of aliphatic imine (C=N–C) groups is 1. The van der Waals surface area contributed by atoms with E-state index < -0.39 is 29.2 Å². The predicted octanol–water partition coefficient (Wildman–Crippen LogP) is 5.58. The summed E-state index contributed by atoms with van der Waals surface area (Å²) in [4.78, 5) is 44.2. The molecule has 0 saturated heterocycles. The van der Waals surface area contributed by atoms with Gasteiger partial charge in [-0.3, -0.25) is 14.4 Å². The SMILES string of the molecule is CCOC(=O)C1=C(O)/C(=C/c2ccc(OC(C)(C)OCCC(C)(C)NC(=O)N(Cc3cn(CCCN)nn3)C(C)=O)c(O)c2)SC1=Nc1ccccc1. The Kier molecular flexibility index (Phi) is 13.8. The lowest BCUT2D eigenvalue weighted by Crippen LogP contribution is -2.51. The Morgan fingerprint density at radius 1 is 1.11 bits per heavy atom. The summed E-state index contributed by atoms with van der Waals surface area (Å²) in [5, 5.41) is 33.1. The molecule has 3 amide bonds. The quantitative estimate of drug-likeness (QED) is 0.105. The number of benzene rings is 2. The Balaban J connectivity index is 1.36. The Morgan fingerprint density at radius 2 is 1.85 bits per heavy atom. The largest absolute Gasteiger partial charge is 0.506 e. The number of nitrogens with two attached hydrogens (primary N) is 1. The van der Waals surface area contributed by atoms with Crippen LogP contribution in [0.2, 0.25) is 0 Å². The molecule has 3 aromatic rings. The van der Waals surface area contributed by atoms with Gasteiger partial charge < -0.3 is 35.5 Å². The molecule has 5 N–H and O–H groups in total. The highest BCUT2D eigenvalue weighted by Gasteiger charge is 2.34. The number of ether oxygens (including phenoxy) is 3. The summed E-state index contributed by atoms with van der Waals surface area (Å²) < 4.78 is 18.8. The topological polar surface area (TPSA) is 204 Å². The number of hydrogen-bond donors (Lipinski definition) is 4. The summed E-state index contributed by atoms with van der Waals surface area (Å²) in [6.45, 7) is 11.3. The molecule has 0 aliphatic carbocycles. The van der Waals surface area contributed by atoms with Crippen molar-refractivity contribution in [3.8, 4) is 11.5 Å². The van der Waals surface area contributed by atoms with Crippen molar-refractivity contribution in [3.05, 3.63) is 82.2 Å². The molecule has 2 aromatic carbocycles. The fourth-order valence-electron chi connectivity index (χ4n) is 5.00. The van der Waals surface area contributed by atoms with E-state index in [0.717, 1.165) is 23.1 Å². The maximum absolute atomic E-state index is 13.1. The van der Waals surface area contributed by atoms with Crippen molar-refractivity contribution >= 4 is 46.5 Å². The number of imide groups is 1. The molecule has 0 saturated carbocycles. The first kappa shape index (κ1) is 40.6. The van der Waals surface area contributed by atoms with E-state index in [1.807, 2.05) is 32.0 Å². The van der Waals surface area contributed by atoms with E-state index in [0.29, 0.717) is 46.4 Å². The van der Waals surface area contributed by atoms with E-state index in [1.165, 1.54) is 13.0 Å². The number of urea groups is 1. The molecule has 2 heterocycles. The highest BCUT2D eigenvalue weighted by atomic mass is 32.2. The van der Waals surface area contributed by atoms with Crippen molar-refractivity contribution in [2.75, 3.05) is 19.8 Å². The van der Waals surface area contributed by atoms with Crippen LogP contribution in [0.3, 0.4) is 0 Å². The van der Waals surface area contributed by atoms with Gasteiger partial charge in [0.1, 0.15) is 22.1 Å². The van der Waals surface area contributed by atoms with Crippen LogP contribution in [0.4, 0.5) is 10.5 Å². The predicted molar refractivity (Wildman–Crippen MR) is 201 cm³/mol. The van der Waals surface area contributed by atoms with Gasteiger partial charge >= 0.3 is 12.0 Å². The number of rotatable bonds is 16. The number of aliphatic hydroxyl groups excluding tert-OH is 1. The van der Waals surface area contributed by atoms with Crippen molar-refractivity contribution in [3.63, 3.8) is 0 Å². The number of esters is 1. The van der Waals surface area contributed by atoms with Crippen LogP contribution in [0.1, 0.15) is 65.6 Å². The van der Waals surface area contributed by atoms with E-state index in [2.05, 4.69) is 20.6 Å². The number of nitrogens with one attached hydrogen (secondary N) is 1. The van der Waals surface area contributed by atoms with E-state index >= 15 is 0 Å². The van der Waals surface area contributed by atoms with Crippen molar-refractivity contribution in [2.45, 2.75) is 78.8 Å². The van der Waals surface area contributed by atoms with Crippen LogP contribution >= 0.6 is 11.8 Å². The van der Waals surface area contributed by atoms with E-state index in [-0.39, 0.29) is 42.6 Å². The number of para-hydroxylation sites is 1. The lowest BCUT2D eigenvalue weighted by molar-refractivity contribution is -0.159. The molecule has 0 radical (unpaired) electrons. The van der Waals surface area contributed by atoms with Crippen molar-refractivity contribution in [2.24, 2.45) is 10.7 Å². The monoisotopic (exact) mass is 749 g/mol. The number of aryl methyl sites for hydroxylation is 1. The second-order valence-corrected chi connectivity index (χ2v) is 14.2. The molecule has 15 nitrogen and oxygen atoms in total. The molecule has 0 fully saturated rings. The van der Waals surface area contributed by atoms with Gasteiger partial charge in [-0.15, -0.1) is 5.10 Å². The molecule has 53 heavy (non-hydrogen) atoms. The van der Waals surface area contributed by atoms with Crippen molar-refractivity contribution in [1.29, 1.82) is 0 Å². The zero-order valence-electron chi connectivity index (χ0n) is 30.8. The van der Waals surface area contributed by atoms with Gasteiger partial charge in [0.2, 0.25) is 11.7 Å². The number of hydrogen-bond acceptors (Lipinski definition) is 13. The normalized spacial score (nSPS) is 14.8. The molecule has 1 aliphatic heterocycles. The van der Waals surface area contributed by atoms with Crippen molar-refractivity contribution in [1.82, 2.24) is 25.2 Å². The number of nitrogens with zero attached hydrogens (tertiary/aromatic N) is 5. The molecule has 284 valence electrons. The first-order valence-corrected chi connectivity index (χ1v) is 17.9. The molecule has 16 heteroatoms. The van der Waals surface area contributed by atoms with Gasteiger partial charge in [-0.1, -0.05) is 41.2 Å². The first-order chi connectivity index (χ1) is 25.1. The summed E-state index contributed by atoms with van der Waals surface area (Å²) in [5.41, 5.74) is 6.35. The van der Waals surface area contributed by atoms with Crippen LogP contribution in [0.5, 0.6) is 11.5 Å². The number of aliphatic hydroxyl groups is 1. The second kappa shape index (κ2) is 18.0. The number of phenolic OH excluding ortho intramolecular Hbond substituents is 1. The standard InChI is InChI=1S/C37H47N7O8S/c1-7-50-34(48)31-32(47)30(53-33(31)39-26-12-9-8-10-13-26)21-25-14-15-29(28(46)20-25)52-37(5,6)51-19-16-36(3,4)40-35(49)44(24(2)45)23-27-22-43(42-41-27)18-11-17-38/h8-10,12-15,20-22,46-47H,7,11,16-19,23,38H2,1-6H3,(H,40,49)/b30-21-,39-33?. The smallest absolute Gasteiger partial charge is 0.344 e. The Labute approximate surface area is 312 Å². The molecule has 0 unspecified atom stereocenters. The van der Waals surface area contributed by atoms with Gasteiger partial charge in [-0.05, 0) is 76.1 Å². The highest BCUT2D eigenvalue weighted by Crippen LogP contribution is 2.41. The number of phenols is 1. The van der Waals surface area contributed by atoms with Gasteiger partial charge in [-0.25, -0.2) is 14.6 Å². The minimum Gasteiger partial charge on any atom is -0.506 e. The van der Waals surface area contributed by atoms with Crippen LogP contribution in [0.25, 0.3) is 6.08 Å². The van der Waals surface area contributed by atoms with Gasteiger partial charge in [0.25, 0.3) is 0 Å². The zero-order chi connectivity index (χ0) is 38.8. The van der Waals surface area contributed by atoms with Crippen LogP contribution in [-0.4, -0.2) is 84.1 Å². The number of amides is 3. The average Bonchev–Trinajstić information content (AvgIpc) is 3.66. The number of aromatic hydroxyl groups is 1. The van der Waals surface area contributed by atoms with Gasteiger partial charge in [0, 0.05) is 32.9 Å². The number of carbonyl (C=O) groups is 3. The molecule has 4 rings (SSSR count). The van der Waals surface area contributed by atoms with Crippen LogP contribution < -0.4 is 15.8 Å². The summed E-state index contributed by atoms with van der Waals surface area (Å²) in [6, 6.07) is 13.2. The molecular weight excluding hydrogens is 703 g/mol. The Bertz CT molecular complexity index is 1870. The van der Waals surface area contributed by atoms with Crippen LogP contribution in [0.15, 0.2) is 76.0 Å². The molecule has 1 aromatic heterocycles. The van der Waals surface area contributed by atoms with Gasteiger partial charge in [0.15, 0.2) is 11.5 Å². The first-order valence-electron chi connectivity index (χ1n) is 17.1. The summed E-state index contributed by atoms with van der Waals surface area (Å²) in [7, 11) is 0. The maximum Gasteiger partial charge on any atom is 0.344 e. The molecular formula is C37H47N7O8S. The fourth-order valence-corrected chi connectivity index (χ4v) is 6.04. The van der Waals surface area contributed by atoms with Gasteiger partial charge in [0.05, 0.1) is 36.5 Å². The van der Waals surface area contributed by atoms with Crippen LogP contribution in [-0.2, 0) is 32.2 Å².